The molecule has 5 heteroatoms. The number of aromatic nitrogens is 2. The van der Waals surface area contributed by atoms with Gasteiger partial charge in [-0.3, -0.25) is 4.79 Å². The minimum Gasteiger partial charge on any atom is -0.362 e. The van der Waals surface area contributed by atoms with Crippen molar-refractivity contribution in [2.24, 2.45) is 0 Å². The molecule has 1 atom stereocenters. The molecular formula is C16H18N4O. The zero-order chi connectivity index (χ0) is 15.0. The second-order valence-electron chi connectivity index (χ2n) is 5.31. The van der Waals surface area contributed by atoms with Gasteiger partial charge in [0.15, 0.2) is 5.82 Å². The molecule has 2 heterocycles. The standard InChI is InChI=1S/C16H18N4O/c1-10-6-7-18-15(19-10)12-5-4-11-8-14(16(21)17-2)20(3)13(11)9-12/h4-7,9,14H,8H2,1-3H3,(H,17,21). The molecule has 1 aromatic carbocycles. The summed E-state index contributed by atoms with van der Waals surface area (Å²) in [6.45, 7) is 1.95. The Labute approximate surface area is 124 Å². The number of anilines is 1. The fourth-order valence-electron chi connectivity index (χ4n) is 2.74. The van der Waals surface area contributed by atoms with Crippen molar-refractivity contribution < 1.29 is 4.79 Å². The first-order valence-electron chi connectivity index (χ1n) is 6.97. The van der Waals surface area contributed by atoms with Crippen LogP contribution in [0.2, 0.25) is 0 Å². The number of aryl methyl sites for hydroxylation is 1. The lowest BCUT2D eigenvalue weighted by Crippen LogP contribution is -2.42. The topological polar surface area (TPSA) is 58.1 Å². The summed E-state index contributed by atoms with van der Waals surface area (Å²) < 4.78 is 0. The van der Waals surface area contributed by atoms with Crippen molar-refractivity contribution in [1.82, 2.24) is 15.3 Å². The number of amides is 1. The van der Waals surface area contributed by atoms with Crippen LogP contribution in [0.5, 0.6) is 0 Å². The lowest BCUT2D eigenvalue weighted by atomic mass is 10.1. The summed E-state index contributed by atoms with van der Waals surface area (Å²) in [5.74, 6) is 0.761. The minimum absolute atomic E-state index is 0.0436. The highest BCUT2D eigenvalue weighted by Gasteiger charge is 2.31. The Morgan fingerprint density at radius 3 is 2.90 bits per heavy atom. The number of rotatable bonds is 2. The Kier molecular flexibility index (Phi) is 3.33. The van der Waals surface area contributed by atoms with Gasteiger partial charge in [0.25, 0.3) is 0 Å². The number of hydrogen-bond acceptors (Lipinski definition) is 4. The van der Waals surface area contributed by atoms with E-state index in [2.05, 4.69) is 27.4 Å². The van der Waals surface area contributed by atoms with Crippen LogP contribution < -0.4 is 10.2 Å². The lowest BCUT2D eigenvalue weighted by molar-refractivity contribution is -0.121. The molecule has 0 bridgehead atoms. The first-order valence-corrected chi connectivity index (χ1v) is 6.97. The molecule has 0 spiro atoms. The number of nitrogens with one attached hydrogen (secondary N) is 1. The van der Waals surface area contributed by atoms with Crippen LogP contribution in [0.15, 0.2) is 30.5 Å². The van der Waals surface area contributed by atoms with Gasteiger partial charge in [-0.1, -0.05) is 12.1 Å². The summed E-state index contributed by atoms with van der Waals surface area (Å²) in [5.41, 5.74) is 4.17. The second kappa shape index (κ2) is 5.16. The molecule has 3 rings (SSSR count). The van der Waals surface area contributed by atoms with Gasteiger partial charge < -0.3 is 10.2 Å². The highest BCUT2D eigenvalue weighted by atomic mass is 16.2. The van der Waals surface area contributed by atoms with E-state index >= 15 is 0 Å². The molecule has 108 valence electrons. The predicted octanol–water partition coefficient (Wildman–Crippen LogP) is 1.56. The Balaban J connectivity index is 1.98. The number of hydrogen-bond donors (Lipinski definition) is 1. The van der Waals surface area contributed by atoms with Crippen molar-refractivity contribution in [3.05, 3.63) is 41.7 Å². The van der Waals surface area contributed by atoms with Gasteiger partial charge in [0.1, 0.15) is 6.04 Å². The normalized spacial score (nSPS) is 16.7. The van der Waals surface area contributed by atoms with Crippen molar-refractivity contribution in [2.75, 3.05) is 19.0 Å². The fourth-order valence-corrected chi connectivity index (χ4v) is 2.74. The maximum absolute atomic E-state index is 11.9. The molecule has 5 nitrogen and oxygen atoms in total. The van der Waals surface area contributed by atoms with Crippen LogP contribution in [0.3, 0.4) is 0 Å². The van der Waals surface area contributed by atoms with E-state index < -0.39 is 0 Å². The molecule has 0 fully saturated rings. The molecule has 21 heavy (non-hydrogen) atoms. The van der Waals surface area contributed by atoms with Crippen LogP contribution in [0.25, 0.3) is 11.4 Å². The van der Waals surface area contributed by atoms with E-state index in [1.807, 2.05) is 31.0 Å². The summed E-state index contributed by atoms with van der Waals surface area (Å²) in [6, 6.07) is 7.89. The molecule has 1 amide bonds. The van der Waals surface area contributed by atoms with Gasteiger partial charge in [-0.25, -0.2) is 9.97 Å². The van der Waals surface area contributed by atoms with Gasteiger partial charge in [0, 0.05) is 43.7 Å². The predicted molar refractivity (Wildman–Crippen MR) is 82.2 cm³/mol. The SMILES string of the molecule is CNC(=O)C1Cc2ccc(-c3nccc(C)n3)cc2N1C. The summed E-state index contributed by atoms with van der Waals surface area (Å²) in [6.07, 6.45) is 2.50. The summed E-state index contributed by atoms with van der Waals surface area (Å²) >= 11 is 0. The zero-order valence-electron chi connectivity index (χ0n) is 12.4. The maximum atomic E-state index is 11.9. The zero-order valence-corrected chi connectivity index (χ0v) is 12.4. The van der Waals surface area contributed by atoms with Gasteiger partial charge in [-0.05, 0) is 24.6 Å². The van der Waals surface area contributed by atoms with Gasteiger partial charge in [-0.15, -0.1) is 0 Å². The molecule has 2 aromatic rings. The van der Waals surface area contributed by atoms with Crippen molar-refractivity contribution in [3.63, 3.8) is 0 Å². The smallest absolute Gasteiger partial charge is 0.242 e. The van der Waals surface area contributed by atoms with Crippen molar-refractivity contribution >= 4 is 11.6 Å². The Bertz CT molecular complexity index is 698. The fraction of sp³-hybridized carbons (Fsp3) is 0.312. The van der Waals surface area contributed by atoms with E-state index in [1.165, 1.54) is 5.56 Å². The molecular weight excluding hydrogens is 264 g/mol. The number of benzene rings is 1. The quantitative estimate of drug-likeness (QED) is 0.908. The van der Waals surface area contributed by atoms with Crippen LogP contribution in [0.1, 0.15) is 11.3 Å². The number of fused-ring (bicyclic) bond motifs is 1. The first-order chi connectivity index (χ1) is 10.1. The maximum Gasteiger partial charge on any atom is 0.242 e. The minimum atomic E-state index is -0.140. The van der Waals surface area contributed by atoms with Crippen LogP contribution in [-0.2, 0) is 11.2 Å². The monoisotopic (exact) mass is 282 g/mol. The summed E-state index contributed by atoms with van der Waals surface area (Å²) in [7, 11) is 3.62. The van der Waals surface area contributed by atoms with Crippen molar-refractivity contribution in [2.45, 2.75) is 19.4 Å². The van der Waals surface area contributed by atoms with E-state index in [0.29, 0.717) is 0 Å². The van der Waals surface area contributed by atoms with E-state index in [-0.39, 0.29) is 11.9 Å². The third-order valence-electron chi connectivity index (χ3n) is 3.95. The Morgan fingerprint density at radius 1 is 1.38 bits per heavy atom. The van der Waals surface area contributed by atoms with E-state index in [1.54, 1.807) is 13.2 Å². The van der Waals surface area contributed by atoms with Gasteiger partial charge in [0.05, 0.1) is 0 Å². The molecule has 1 N–H and O–H groups in total. The molecule has 1 unspecified atom stereocenters. The number of nitrogens with zero attached hydrogens (tertiary/aromatic N) is 3. The average Bonchev–Trinajstić information content (AvgIpc) is 2.83. The van der Waals surface area contributed by atoms with Crippen molar-refractivity contribution in [3.8, 4) is 11.4 Å². The van der Waals surface area contributed by atoms with E-state index in [4.69, 9.17) is 0 Å². The van der Waals surface area contributed by atoms with E-state index in [9.17, 15) is 4.79 Å². The summed E-state index contributed by atoms with van der Waals surface area (Å²) in [4.78, 5) is 22.7. The third kappa shape index (κ3) is 2.35. The highest BCUT2D eigenvalue weighted by Crippen LogP contribution is 2.34. The van der Waals surface area contributed by atoms with Crippen LogP contribution >= 0.6 is 0 Å². The molecule has 1 aliphatic rings. The molecule has 1 aromatic heterocycles. The lowest BCUT2D eigenvalue weighted by Gasteiger charge is -2.21. The molecule has 1 aliphatic heterocycles. The Hall–Kier alpha value is -2.43. The van der Waals surface area contributed by atoms with Crippen LogP contribution in [0.4, 0.5) is 5.69 Å². The number of carbonyl (C=O) groups excluding carboxylic acids is 1. The van der Waals surface area contributed by atoms with Crippen LogP contribution in [0, 0.1) is 6.92 Å². The van der Waals surface area contributed by atoms with Gasteiger partial charge >= 0.3 is 0 Å². The Morgan fingerprint density at radius 2 is 2.19 bits per heavy atom. The van der Waals surface area contributed by atoms with Gasteiger partial charge in [-0.2, -0.15) is 0 Å². The third-order valence-corrected chi connectivity index (χ3v) is 3.95. The molecule has 0 aliphatic carbocycles. The molecule has 0 saturated heterocycles. The molecule has 0 radical (unpaired) electrons. The summed E-state index contributed by atoms with van der Waals surface area (Å²) in [5, 5.41) is 2.72. The largest absolute Gasteiger partial charge is 0.362 e. The van der Waals surface area contributed by atoms with E-state index in [0.717, 1.165) is 29.2 Å². The average molecular weight is 282 g/mol. The second-order valence-corrected chi connectivity index (χ2v) is 5.31. The van der Waals surface area contributed by atoms with Crippen molar-refractivity contribution in [1.29, 1.82) is 0 Å². The number of carbonyl (C=O) groups is 1. The first kappa shape index (κ1) is 13.5. The molecule has 0 saturated carbocycles. The van der Waals surface area contributed by atoms with Gasteiger partial charge in [0.2, 0.25) is 5.91 Å². The highest BCUT2D eigenvalue weighted by molar-refractivity contribution is 5.88. The van der Waals surface area contributed by atoms with Crippen LogP contribution in [-0.4, -0.2) is 36.0 Å². The number of likely N-dealkylation sites (N-methyl/N-ethyl adjacent to an activating group) is 2.